The summed E-state index contributed by atoms with van der Waals surface area (Å²) in [6, 6.07) is 8.70. The van der Waals surface area contributed by atoms with Crippen LogP contribution in [0.5, 0.6) is 0 Å². The molecule has 2 rings (SSSR count). The van der Waals surface area contributed by atoms with Crippen molar-refractivity contribution in [1.82, 2.24) is 0 Å². The molecule has 0 fully saturated rings. The summed E-state index contributed by atoms with van der Waals surface area (Å²) in [6.45, 7) is 1.93. The van der Waals surface area contributed by atoms with E-state index in [0.717, 1.165) is 5.56 Å². The lowest BCUT2D eigenvalue weighted by molar-refractivity contribution is 0.0995. The smallest absolute Gasteiger partial charge is 0.291 e. The number of aryl methyl sites for hydroxylation is 1. The first-order chi connectivity index (χ1) is 8.06. The third kappa shape index (κ3) is 2.68. The molecule has 0 aliphatic heterocycles. The first-order valence-corrected chi connectivity index (χ1v) is 5.78. The summed E-state index contributed by atoms with van der Waals surface area (Å²) >= 11 is 3.14. The molecule has 0 saturated carbocycles. The second-order valence-electron chi connectivity index (χ2n) is 3.65. The number of nitrogen functional groups attached to an aromatic ring is 1. The molecule has 0 aliphatic rings. The minimum absolute atomic E-state index is 0.234. The molecule has 3 N–H and O–H groups in total. The van der Waals surface area contributed by atoms with Crippen molar-refractivity contribution in [2.24, 2.45) is 0 Å². The second kappa shape index (κ2) is 4.63. The van der Waals surface area contributed by atoms with Crippen LogP contribution in [0.3, 0.4) is 0 Å². The largest absolute Gasteiger partial charge is 0.444 e. The molecule has 0 bridgehead atoms. The van der Waals surface area contributed by atoms with Crippen molar-refractivity contribution in [3.05, 3.63) is 46.3 Å². The van der Waals surface area contributed by atoms with Gasteiger partial charge in [0.05, 0.1) is 11.4 Å². The topological polar surface area (TPSA) is 68.3 Å². The Bertz CT molecular complexity index is 563. The maximum Gasteiger partial charge on any atom is 0.291 e. The number of amides is 1. The Labute approximate surface area is 107 Å². The number of hydrogen-bond donors (Lipinski definition) is 2. The number of carbonyl (C=O) groups is 1. The van der Waals surface area contributed by atoms with E-state index in [-0.39, 0.29) is 11.7 Å². The molecule has 2 aromatic rings. The fourth-order valence-corrected chi connectivity index (χ4v) is 1.71. The quantitative estimate of drug-likeness (QED) is 0.836. The number of halogens is 1. The minimum Gasteiger partial charge on any atom is -0.444 e. The van der Waals surface area contributed by atoms with Gasteiger partial charge >= 0.3 is 0 Å². The zero-order valence-corrected chi connectivity index (χ0v) is 10.7. The van der Waals surface area contributed by atoms with E-state index in [4.69, 9.17) is 10.2 Å². The molecule has 0 radical (unpaired) electrons. The van der Waals surface area contributed by atoms with Gasteiger partial charge in [-0.05, 0) is 52.7 Å². The van der Waals surface area contributed by atoms with Gasteiger partial charge in [-0.3, -0.25) is 4.79 Å². The van der Waals surface area contributed by atoms with E-state index < -0.39 is 0 Å². The lowest BCUT2D eigenvalue weighted by Crippen LogP contribution is -2.12. The SMILES string of the molecule is Cc1ccc(N)c(NC(=O)c2ccc(Br)o2)c1. The normalized spacial score (nSPS) is 10.2. The van der Waals surface area contributed by atoms with E-state index in [9.17, 15) is 4.79 Å². The van der Waals surface area contributed by atoms with Gasteiger partial charge in [-0.25, -0.2) is 0 Å². The van der Waals surface area contributed by atoms with E-state index in [1.165, 1.54) is 0 Å². The molecular weight excluding hydrogens is 284 g/mol. The van der Waals surface area contributed by atoms with Crippen molar-refractivity contribution in [3.63, 3.8) is 0 Å². The summed E-state index contributed by atoms with van der Waals surface area (Å²) in [4.78, 5) is 11.8. The van der Waals surface area contributed by atoms with E-state index in [2.05, 4.69) is 21.2 Å². The number of nitrogens with two attached hydrogens (primary N) is 1. The van der Waals surface area contributed by atoms with Crippen LogP contribution >= 0.6 is 15.9 Å². The van der Waals surface area contributed by atoms with Gasteiger partial charge < -0.3 is 15.5 Å². The summed E-state index contributed by atoms with van der Waals surface area (Å²) < 4.78 is 5.67. The molecule has 4 nitrogen and oxygen atoms in total. The van der Waals surface area contributed by atoms with E-state index >= 15 is 0 Å². The predicted molar refractivity (Wildman–Crippen MR) is 70.0 cm³/mol. The first kappa shape index (κ1) is 11.7. The number of hydrogen-bond acceptors (Lipinski definition) is 3. The maximum absolute atomic E-state index is 11.8. The molecule has 0 spiro atoms. The number of anilines is 2. The van der Waals surface area contributed by atoms with Crippen LogP contribution < -0.4 is 11.1 Å². The Balaban J connectivity index is 2.21. The van der Waals surface area contributed by atoms with Crippen LogP contribution in [-0.4, -0.2) is 5.91 Å². The molecule has 1 heterocycles. The Hall–Kier alpha value is -1.75. The Morgan fingerprint density at radius 3 is 2.76 bits per heavy atom. The van der Waals surface area contributed by atoms with Crippen LogP contribution in [-0.2, 0) is 0 Å². The number of carbonyl (C=O) groups excluding carboxylic acids is 1. The summed E-state index contributed by atoms with van der Waals surface area (Å²) in [6.07, 6.45) is 0. The van der Waals surface area contributed by atoms with Crippen LogP contribution in [0.15, 0.2) is 39.4 Å². The van der Waals surface area contributed by atoms with Gasteiger partial charge in [0, 0.05) is 0 Å². The van der Waals surface area contributed by atoms with Gasteiger partial charge in [-0.15, -0.1) is 0 Å². The molecule has 1 aromatic carbocycles. The van der Waals surface area contributed by atoms with Gasteiger partial charge in [0.1, 0.15) is 0 Å². The predicted octanol–water partition coefficient (Wildman–Crippen LogP) is 3.19. The van der Waals surface area contributed by atoms with Crippen LogP contribution in [0.4, 0.5) is 11.4 Å². The highest BCUT2D eigenvalue weighted by molar-refractivity contribution is 9.10. The molecule has 5 heteroatoms. The van der Waals surface area contributed by atoms with Crippen molar-refractivity contribution in [3.8, 4) is 0 Å². The summed E-state index contributed by atoms with van der Waals surface area (Å²) in [5, 5.41) is 2.70. The zero-order chi connectivity index (χ0) is 12.4. The highest BCUT2D eigenvalue weighted by Gasteiger charge is 2.11. The summed E-state index contributed by atoms with van der Waals surface area (Å²) in [7, 11) is 0. The molecule has 0 aliphatic carbocycles. The van der Waals surface area contributed by atoms with Gasteiger partial charge in [-0.1, -0.05) is 6.07 Å². The molecule has 0 atom stereocenters. The molecule has 0 unspecified atom stereocenters. The monoisotopic (exact) mass is 294 g/mol. The van der Waals surface area contributed by atoms with E-state index in [1.807, 2.05) is 19.1 Å². The lowest BCUT2D eigenvalue weighted by Gasteiger charge is -2.07. The molecule has 1 amide bonds. The number of benzene rings is 1. The van der Waals surface area contributed by atoms with Crippen molar-refractivity contribution in [2.45, 2.75) is 6.92 Å². The van der Waals surface area contributed by atoms with E-state index in [1.54, 1.807) is 18.2 Å². The lowest BCUT2D eigenvalue weighted by atomic mass is 10.2. The molecule has 1 aromatic heterocycles. The van der Waals surface area contributed by atoms with Gasteiger partial charge in [0.2, 0.25) is 0 Å². The molecule has 88 valence electrons. The standard InChI is InChI=1S/C12H11BrN2O2/c1-7-2-3-8(14)9(6-7)15-12(16)10-4-5-11(13)17-10/h2-6H,14H2,1H3,(H,15,16). The highest BCUT2D eigenvalue weighted by Crippen LogP contribution is 2.21. The summed E-state index contributed by atoms with van der Waals surface area (Å²) in [5.41, 5.74) is 7.90. The molecule has 0 saturated heterocycles. The van der Waals surface area contributed by atoms with Crippen molar-refractivity contribution >= 4 is 33.2 Å². The Kier molecular flexibility index (Phi) is 3.19. The first-order valence-electron chi connectivity index (χ1n) is 4.99. The van der Waals surface area contributed by atoms with Crippen LogP contribution in [0.2, 0.25) is 0 Å². The fraction of sp³-hybridized carbons (Fsp3) is 0.0833. The zero-order valence-electron chi connectivity index (χ0n) is 9.16. The summed E-state index contributed by atoms with van der Waals surface area (Å²) in [5.74, 6) is -0.0919. The van der Waals surface area contributed by atoms with Crippen molar-refractivity contribution in [2.75, 3.05) is 11.1 Å². The number of rotatable bonds is 2. The maximum atomic E-state index is 11.8. The number of nitrogens with one attached hydrogen (secondary N) is 1. The molecule has 17 heavy (non-hydrogen) atoms. The van der Waals surface area contributed by atoms with Crippen LogP contribution in [0.1, 0.15) is 16.1 Å². The van der Waals surface area contributed by atoms with Crippen molar-refractivity contribution < 1.29 is 9.21 Å². The van der Waals surface area contributed by atoms with Crippen LogP contribution in [0, 0.1) is 6.92 Å². The average Bonchev–Trinajstić information content (AvgIpc) is 2.70. The Morgan fingerprint density at radius 2 is 2.12 bits per heavy atom. The Morgan fingerprint density at radius 1 is 1.35 bits per heavy atom. The van der Waals surface area contributed by atoms with Crippen molar-refractivity contribution in [1.29, 1.82) is 0 Å². The second-order valence-corrected chi connectivity index (χ2v) is 4.43. The third-order valence-corrected chi connectivity index (χ3v) is 2.68. The average molecular weight is 295 g/mol. The third-order valence-electron chi connectivity index (χ3n) is 2.25. The molecular formula is C12H11BrN2O2. The minimum atomic E-state index is -0.326. The van der Waals surface area contributed by atoms with Crippen LogP contribution in [0.25, 0.3) is 0 Å². The number of furan rings is 1. The van der Waals surface area contributed by atoms with E-state index in [0.29, 0.717) is 16.0 Å². The van der Waals surface area contributed by atoms with Gasteiger partial charge in [0.15, 0.2) is 10.4 Å². The van der Waals surface area contributed by atoms with Gasteiger partial charge in [0.25, 0.3) is 5.91 Å². The highest BCUT2D eigenvalue weighted by atomic mass is 79.9. The van der Waals surface area contributed by atoms with Gasteiger partial charge in [-0.2, -0.15) is 0 Å². The fourth-order valence-electron chi connectivity index (χ4n) is 1.40.